The van der Waals surface area contributed by atoms with E-state index in [0.717, 1.165) is 24.9 Å². The van der Waals surface area contributed by atoms with Gasteiger partial charge in [0.2, 0.25) is 0 Å². The van der Waals surface area contributed by atoms with Crippen molar-refractivity contribution in [1.82, 2.24) is 10.2 Å². The molecule has 1 fully saturated rings. The van der Waals surface area contributed by atoms with Crippen LogP contribution in [0.4, 0.5) is 0 Å². The zero-order valence-electron chi connectivity index (χ0n) is 10.9. The van der Waals surface area contributed by atoms with Crippen LogP contribution in [0.2, 0.25) is 0 Å². The van der Waals surface area contributed by atoms with Gasteiger partial charge < -0.3 is 10.2 Å². The number of benzene rings is 1. The molecule has 1 heterocycles. The zero-order valence-corrected chi connectivity index (χ0v) is 10.9. The molecule has 0 aromatic heterocycles. The van der Waals surface area contributed by atoms with Crippen LogP contribution in [0.5, 0.6) is 0 Å². The third-order valence-corrected chi connectivity index (χ3v) is 3.47. The van der Waals surface area contributed by atoms with Crippen molar-refractivity contribution >= 4 is 6.29 Å². The molecule has 1 aromatic rings. The Morgan fingerprint density at radius 1 is 1.17 bits per heavy atom. The molecule has 1 aliphatic rings. The van der Waals surface area contributed by atoms with Gasteiger partial charge in [-0.05, 0) is 51.0 Å². The molecule has 18 heavy (non-hydrogen) atoms. The minimum absolute atomic E-state index is 0.743. The van der Waals surface area contributed by atoms with Gasteiger partial charge in [0.25, 0.3) is 0 Å². The molecule has 1 N–H and O–H groups in total. The molecule has 0 radical (unpaired) electrons. The van der Waals surface area contributed by atoms with Crippen molar-refractivity contribution in [3.63, 3.8) is 0 Å². The van der Waals surface area contributed by atoms with Crippen LogP contribution in [0.15, 0.2) is 24.3 Å². The van der Waals surface area contributed by atoms with Gasteiger partial charge in [0, 0.05) is 12.1 Å². The van der Waals surface area contributed by atoms with E-state index >= 15 is 0 Å². The Bertz CT molecular complexity index is 355. The van der Waals surface area contributed by atoms with Gasteiger partial charge >= 0.3 is 0 Å². The summed E-state index contributed by atoms with van der Waals surface area (Å²) in [6.07, 6.45) is 4.84. The predicted octanol–water partition coefficient (Wildman–Crippen LogP) is 2.07. The summed E-state index contributed by atoms with van der Waals surface area (Å²) in [5.74, 6) is 0. The molecule has 2 rings (SSSR count). The van der Waals surface area contributed by atoms with Crippen LogP contribution in [-0.2, 0) is 6.54 Å². The van der Waals surface area contributed by atoms with E-state index in [9.17, 15) is 4.79 Å². The van der Waals surface area contributed by atoms with Gasteiger partial charge in [-0.25, -0.2) is 0 Å². The van der Waals surface area contributed by atoms with Gasteiger partial charge in [-0.3, -0.25) is 4.79 Å². The van der Waals surface area contributed by atoms with Gasteiger partial charge in [-0.2, -0.15) is 0 Å². The lowest BCUT2D eigenvalue weighted by Gasteiger charge is -2.14. The number of likely N-dealkylation sites (tertiary alicyclic amines) is 1. The van der Waals surface area contributed by atoms with E-state index in [4.69, 9.17) is 0 Å². The van der Waals surface area contributed by atoms with Crippen LogP contribution >= 0.6 is 0 Å². The molecule has 3 nitrogen and oxygen atoms in total. The normalized spacial score (nSPS) is 16.0. The maximum atomic E-state index is 10.5. The molecule has 0 atom stereocenters. The summed E-state index contributed by atoms with van der Waals surface area (Å²) in [6, 6.07) is 7.76. The van der Waals surface area contributed by atoms with Crippen LogP contribution < -0.4 is 5.32 Å². The zero-order chi connectivity index (χ0) is 12.6. The lowest BCUT2D eigenvalue weighted by molar-refractivity contribution is 0.112. The standard InChI is InChI=1S/C15H22N2O/c18-13-15-6-4-14(5-7-15)12-16-8-3-11-17-9-1-2-10-17/h4-7,13,16H,1-3,8-12H2. The predicted molar refractivity (Wildman–Crippen MR) is 73.8 cm³/mol. The van der Waals surface area contributed by atoms with Crippen molar-refractivity contribution in [2.45, 2.75) is 25.8 Å². The van der Waals surface area contributed by atoms with Gasteiger partial charge in [-0.1, -0.05) is 24.3 Å². The molecule has 98 valence electrons. The van der Waals surface area contributed by atoms with Gasteiger partial charge in [0.05, 0.1) is 0 Å². The molecule has 0 unspecified atom stereocenters. The number of hydrogen-bond acceptors (Lipinski definition) is 3. The number of rotatable bonds is 7. The van der Waals surface area contributed by atoms with Crippen LogP contribution in [0.1, 0.15) is 35.2 Å². The largest absolute Gasteiger partial charge is 0.313 e. The summed E-state index contributed by atoms with van der Waals surface area (Å²) in [5, 5.41) is 3.45. The highest BCUT2D eigenvalue weighted by atomic mass is 16.1. The second-order valence-electron chi connectivity index (χ2n) is 4.94. The summed E-state index contributed by atoms with van der Waals surface area (Å²) < 4.78 is 0. The maximum absolute atomic E-state index is 10.5. The summed E-state index contributed by atoms with van der Waals surface area (Å²) >= 11 is 0. The minimum atomic E-state index is 0.743. The fraction of sp³-hybridized carbons (Fsp3) is 0.533. The van der Waals surface area contributed by atoms with Crippen molar-refractivity contribution < 1.29 is 4.79 Å². The van der Waals surface area contributed by atoms with E-state index in [0.29, 0.717) is 0 Å². The average Bonchev–Trinajstić information content (AvgIpc) is 2.92. The number of carbonyl (C=O) groups excluding carboxylic acids is 1. The van der Waals surface area contributed by atoms with E-state index in [1.807, 2.05) is 24.3 Å². The van der Waals surface area contributed by atoms with E-state index in [2.05, 4.69) is 10.2 Å². The quantitative estimate of drug-likeness (QED) is 0.590. The first-order valence-corrected chi connectivity index (χ1v) is 6.86. The maximum Gasteiger partial charge on any atom is 0.150 e. The van der Waals surface area contributed by atoms with Gasteiger partial charge in [0.1, 0.15) is 6.29 Å². The molecular formula is C15H22N2O. The monoisotopic (exact) mass is 246 g/mol. The highest BCUT2D eigenvalue weighted by molar-refractivity contribution is 5.74. The number of aldehydes is 1. The summed E-state index contributed by atoms with van der Waals surface area (Å²) in [7, 11) is 0. The molecule has 0 saturated carbocycles. The Labute approximate surface area is 109 Å². The van der Waals surface area contributed by atoms with E-state index < -0.39 is 0 Å². The molecule has 1 aliphatic heterocycles. The fourth-order valence-corrected chi connectivity index (χ4v) is 2.38. The number of nitrogens with zero attached hydrogens (tertiary/aromatic N) is 1. The number of carbonyl (C=O) groups is 1. The fourth-order valence-electron chi connectivity index (χ4n) is 2.38. The summed E-state index contributed by atoms with van der Waals surface area (Å²) in [4.78, 5) is 13.1. The van der Waals surface area contributed by atoms with Crippen molar-refractivity contribution in [3.8, 4) is 0 Å². The Morgan fingerprint density at radius 2 is 1.89 bits per heavy atom. The van der Waals surface area contributed by atoms with Gasteiger partial charge in [0.15, 0.2) is 0 Å². The Morgan fingerprint density at radius 3 is 2.56 bits per heavy atom. The molecule has 0 amide bonds. The molecule has 0 aliphatic carbocycles. The number of hydrogen-bond donors (Lipinski definition) is 1. The average molecular weight is 246 g/mol. The topological polar surface area (TPSA) is 32.3 Å². The third-order valence-electron chi connectivity index (χ3n) is 3.47. The molecule has 0 spiro atoms. The van der Waals surface area contributed by atoms with E-state index in [1.54, 1.807) is 0 Å². The SMILES string of the molecule is O=Cc1ccc(CNCCCN2CCCC2)cc1. The second kappa shape index (κ2) is 7.29. The highest BCUT2D eigenvalue weighted by Gasteiger charge is 2.09. The second-order valence-corrected chi connectivity index (χ2v) is 4.94. The molecule has 3 heteroatoms. The molecule has 0 bridgehead atoms. The first-order valence-electron chi connectivity index (χ1n) is 6.86. The van der Waals surface area contributed by atoms with Crippen LogP contribution in [0.3, 0.4) is 0 Å². The van der Waals surface area contributed by atoms with Crippen molar-refractivity contribution in [3.05, 3.63) is 35.4 Å². The van der Waals surface area contributed by atoms with E-state index in [1.165, 1.54) is 44.5 Å². The lowest BCUT2D eigenvalue weighted by atomic mass is 10.1. The summed E-state index contributed by atoms with van der Waals surface area (Å²) in [5.41, 5.74) is 1.98. The molecule has 1 saturated heterocycles. The molecule has 1 aromatic carbocycles. The summed E-state index contributed by atoms with van der Waals surface area (Å²) in [6.45, 7) is 5.74. The van der Waals surface area contributed by atoms with Crippen molar-refractivity contribution in [2.24, 2.45) is 0 Å². The van der Waals surface area contributed by atoms with E-state index in [-0.39, 0.29) is 0 Å². The third kappa shape index (κ3) is 4.24. The minimum Gasteiger partial charge on any atom is -0.313 e. The molecular weight excluding hydrogens is 224 g/mol. The smallest absolute Gasteiger partial charge is 0.150 e. The Kier molecular flexibility index (Phi) is 5.36. The first-order chi connectivity index (χ1) is 8.88. The lowest BCUT2D eigenvalue weighted by Crippen LogP contribution is -2.24. The van der Waals surface area contributed by atoms with Gasteiger partial charge in [-0.15, -0.1) is 0 Å². The van der Waals surface area contributed by atoms with Crippen molar-refractivity contribution in [1.29, 1.82) is 0 Å². The number of nitrogens with one attached hydrogen (secondary N) is 1. The Hall–Kier alpha value is -1.19. The van der Waals surface area contributed by atoms with Crippen LogP contribution in [-0.4, -0.2) is 37.4 Å². The van der Waals surface area contributed by atoms with Crippen LogP contribution in [0, 0.1) is 0 Å². The van der Waals surface area contributed by atoms with Crippen LogP contribution in [0.25, 0.3) is 0 Å². The first kappa shape index (κ1) is 13.2. The van der Waals surface area contributed by atoms with Crippen molar-refractivity contribution in [2.75, 3.05) is 26.2 Å². The Balaban J connectivity index is 1.58. The highest BCUT2D eigenvalue weighted by Crippen LogP contribution is 2.07.